The van der Waals surface area contributed by atoms with Crippen molar-refractivity contribution in [2.24, 2.45) is 11.8 Å². The molecule has 5 nitrogen and oxygen atoms in total. The third-order valence-electron chi connectivity index (χ3n) is 6.85. The molecule has 0 aliphatic heterocycles. The molecule has 1 N–H and O–H groups in total. The molecule has 1 fully saturated rings. The van der Waals surface area contributed by atoms with Gasteiger partial charge in [-0.3, -0.25) is 4.68 Å². The van der Waals surface area contributed by atoms with E-state index in [4.69, 9.17) is 26.5 Å². The second kappa shape index (κ2) is 12.7. The summed E-state index contributed by atoms with van der Waals surface area (Å²) in [5, 5.41) is 14.0. The minimum atomic E-state index is -0.929. The Hall–Kier alpha value is -2.35. The number of carbonyl (C=O) groups is 1. The van der Waals surface area contributed by atoms with Crippen molar-refractivity contribution in [2.45, 2.75) is 38.6 Å². The molecule has 192 valence electrons. The van der Waals surface area contributed by atoms with Gasteiger partial charge in [-0.05, 0) is 62.0 Å². The van der Waals surface area contributed by atoms with Crippen LogP contribution in [0.5, 0.6) is 0 Å². The smallest absolute Gasteiger partial charge is 0.329 e. The van der Waals surface area contributed by atoms with Crippen LogP contribution < -0.4 is 0 Å². The molecule has 4 rings (SSSR count). The van der Waals surface area contributed by atoms with Crippen LogP contribution in [0, 0.1) is 17.7 Å². The monoisotopic (exact) mass is 530 g/mol. The Morgan fingerprint density at radius 1 is 1.14 bits per heavy atom. The Kier molecular flexibility index (Phi) is 9.46. The number of aromatic nitrogens is 2. The highest BCUT2D eigenvalue weighted by Gasteiger charge is 2.27. The van der Waals surface area contributed by atoms with Crippen LogP contribution in [0.1, 0.15) is 31.4 Å². The molecule has 1 aliphatic carbocycles. The summed E-state index contributed by atoms with van der Waals surface area (Å²) in [6.45, 7) is 1.03. The highest BCUT2D eigenvalue weighted by Crippen LogP contribution is 2.39. The number of thioether (sulfide) groups is 1. The van der Waals surface area contributed by atoms with E-state index >= 15 is 4.39 Å². The summed E-state index contributed by atoms with van der Waals surface area (Å²) in [7, 11) is 0. The number of carboxylic acids is 1. The van der Waals surface area contributed by atoms with Gasteiger partial charge in [-0.25, -0.2) is 9.18 Å². The second-order valence-electron chi connectivity index (χ2n) is 9.36. The zero-order chi connectivity index (χ0) is 25.5. The number of hydrogen-bond acceptors (Lipinski definition) is 4. The molecule has 0 saturated heterocycles. The van der Waals surface area contributed by atoms with Crippen molar-refractivity contribution in [1.82, 2.24) is 9.78 Å². The van der Waals surface area contributed by atoms with Crippen LogP contribution in [-0.4, -0.2) is 46.1 Å². The summed E-state index contributed by atoms with van der Waals surface area (Å²) in [5.41, 5.74) is 4.09. The molecule has 36 heavy (non-hydrogen) atoms. The number of halogens is 2. The second-order valence-corrected chi connectivity index (χ2v) is 10.8. The molecule has 0 unspecified atom stereocenters. The maximum absolute atomic E-state index is 15.3. The lowest BCUT2D eigenvalue weighted by Gasteiger charge is -2.28. The summed E-state index contributed by atoms with van der Waals surface area (Å²) in [6, 6.07) is 15.1. The van der Waals surface area contributed by atoms with E-state index in [1.165, 1.54) is 0 Å². The van der Waals surface area contributed by atoms with E-state index in [2.05, 4.69) is 10.9 Å². The lowest BCUT2D eigenvalue weighted by molar-refractivity contribution is -0.142. The van der Waals surface area contributed by atoms with Crippen LogP contribution in [0.3, 0.4) is 0 Å². The molecule has 0 radical (unpaired) electrons. The molecule has 0 spiro atoms. The van der Waals surface area contributed by atoms with Gasteiger partial charge in [0.05, 0.1) is 11.6 Å². The van der Waals surface area contributed by atoms with Gasteiger partial charge in [-0.15, -0.1) is 0 Å². The van der Waals surface area contributed by atoms with Crippen molar-refractivity contribution in [1.29, 1.82) is 0 Å². The first kappa shape index (κ1) is 26.7. The van der Waals surface area contributed by atoms with Gasteiger partial charge in [0.2, 0.25) is 0 Å². The zero-order valence-corrected chi connectivity index (χ0v) is 22.0. The van der Waals surface area contributed by atoms with Gasteiger partial charge in [-0.2, -0.15) is 16.9 Å². The van der Waals surface area contributed by atoms with Gasteiger partial charge in [0, 0.05) is 28.9 Å². The molecule has 0 amide bonds. The van der Waals surface area contributed by atoms with E-state index < -0.39 is 11.8 Å². The maximum atomic E-state index is 15.3. The molecule has 2 aromatic carbocycles. The van der Waals surface area contributed by atoms with Gasteiger partial charge in [0.15, 0.2) is 0 Å². The fourth-order valence-electron chi connectivity index (χ4n) is 5.02. The maximum Gasteiger partial charge on any atom is 0.329 e. The SMILES string of the molecule is CSCCc1c(-c2cccc(Cl)c2F)c(-c2ccccc2)nn1CC1CCC(COCC(=O)O)CC1. The Morgan fingerprint density at radius 3 is 2.56 bits per heavy atom. The molecular weight excluding hydrogens is 499 g/mol. The van der Waals surface area contributed by atoms with Crippen LogP contribution in [0.15, 0.2) is 48.5 Å². The van der Waals surface area contributed by atoms with E-state index in [0.717, 1.165) is 66.9 Å². The largest absolute Gasteiger partial charge is 0.480 e. The van der Waals surface area contributed by atoms with Gasteiger partial charge >= 0.3 is 5.97 Å². The fraction of sp³-hybridized carbons (Fsp3) is 0.429. The predicted molar refractivity (Wildman–Crippen MR) is 144 cm³/mol. The Balaban J connectivity index is 1.64. The van der Waals surface area contributed by atoms with Crippen LogP contribution in [0.2, 0.25) is 5.02 Å². The van der Waals surface area contributed by atoms with Crippen molar-refractivity contribution < 1.29 is 19.0 Å². The average molecular weight is 531 g/mol. The van der Waals surface area contributed by atoms with Crippen LogP contribution in [-0.2, 0) is 22.5 Å². The summed E-state index contributed by atoms with van der Waals surface area (Å²) < 4.78 is 22.7. The zero-order valence-electron chi connectivity index (χ0n) is 20.5. The lowest BCUT2D eigenvalue weighted by atomic mass is 9.82. The van der Waals surface area contributed by atoms with E-state index in [1.54, 1.807) is 30.0 Å². The summed E-state index contributed by atoms with van der Waals surface area (Å²) >= 11 is 7.96. The van der Waals surface area contributed by atoms with Crippen molar-refractivity contribution in [3.63, 3.8) is 0 Å². The van der Waals surface area contributed by atoms with Crippen molar-refractivity contribution in [2.75, 3.05) is 25.2 Å². The minimum absolute atomic E-state index is 0.110. The predicted octanol–water partition coefficient (Wildman–Crippen LogP) is 6.82. The molecule has 1 saturated carbocycles. The average Bonchev–Trinajstić information content (AvgIpc) is 3.23. The van der Waals surface area contributed by atoms with Gasteiger partial charge in [0.1, 0.15) is 18.1 Å². The minimum Gasteiger partial charge on any atom is -0.480 e. The number of rotatable bonds is 11. The fourth-order valence-corrected chi connectivity index (χ4v) is 5.59. The van der Waals surface area contributed by atoms with Crippen molar-refractivity contribution in [3.05, 3.63) is 65.1 Å². The van der Waals surface area contributed by atoms with Gasteiger partial charge in [0.25, 0.3) is 0 Å². The number of carboxylic acid groups (broad SMARTS) is 1. The number of hydrogen-bond donors (Lipinski definition) is 1. The summed E-state index contributed by atoms with van der Waals surface area (Å²) in [5.74, 6) is 0.409. The topological polar surface area (TPSA) is 64.4 Å². The van der Waals surface area contributed by atoms with Crippen molar-refractivity contribution >= 4 is 29.3 Å². The standard InChI is InChI=1S/C28H32ClFN2O3S/c1-36-15-14-24-26(22-8-5-9-23(29)27(22)30)28(21-6-3-2-4-7-21)31-32(24)16-19-10-12-20(13-11-19)17-35-18-25(33)34/h2-9,19-20H,10-18H2,1H3,(H,33,34). The summed E-state index contributed by atoms with van der Waals surface area (Å²) in [6.07, 6.45) is 6.93. The van der Waals surface area contributed by atoms with Gasteiger partial charge < -0.3 is 9.84 Å². The van der Waals surface area contributed by atoms with Crippen LogP contribution in [0.4, 0.5) is 4.39 Å². The molecular formula is C28H32ClFN2O3S. The third kappa shape index (κ3) is 6.50. The quantitative estimate of drug-likeness (QED) is 0.294. The highest BCUT2D eigenvalue weighted by atomic mass is 35.5. The molecule has 0 atom stereocenters. The summed E-state index contributed by atoms with van der Waals surface area (Å²) in [4.78, 5) is 10.7. The first-order valence-corrected chi connectivity index (χ1v) is 14.1. The first-order chi connectivity index (χ1) is 17.5. The molecule has 1 aliphatic rings. The number of ether oxygens (including phenoxy) is 1. The van der Waals surface area contributed by atoms with E-state index in [0.29, 0.717) is 24.0 Å². The van der Waals surface area contributed by atoms with Crippen LogP contribution >= 0.6 is 23.4 Å². The van der Waals surface area contributed by atoms with E-state index in [9.17, 15) is 4.79 Å². The Morgan fingerprint density at radius 2 is 1.86 bits per heavy atom. The molecule has 1 heterocycles. The number of nitrogens with zero attached hydrogens (tertiary/aromatic N) is 2. The molecule has 3 aromatic rings. The number of benzene rings is 2. The van der Waals surface area contributed by atoms with Crippen molar-refractivity contribution in [3.8, 4) is 22.4 Å². The van der Waals surface area contributed by atoms with E-state index in [1.807, 2.05) is 30.3 Å². The Bertz CT molecular complexity index is 1160. The lowest BCUT2D eigenvalue weighted by Crippen LogP contribution is -2.24. The van der Waals surface area contributed by atoms with E-state index in [-0.39, 0.29) is 11.6 Å². The normalized spacial score (nSPS) is 17.9. The Labute approximate surface area is 221 Å². The third-order valence-corrected chi connectivity index (χ3v) is 7.75. The van der Waals surface area contributed by atoms with Gasteiger partial charge in [-0.1, -0.05) is 54.1 Å². The highest BCUT2D eigenvalue weighted by molar-refractivity contribution is 7.98. The number of aliphatic carboxylic acids is 1. The molecule has 1 aromatic heterocycles. The first-order valence-electron chi connectivity index (χ1n) is 12.4. The molecule has 0 bridgehead atoms. The van der Waals surface area contributed by atoms with Crippen LogP contribution in [0.25, 0.3) is 22.4 Å². The molecule has 8 heteroatoms.